The Morgan fingerprint density at radius 3 is 2.16 bits per heavy atom. The van der Waals surface area contributed by atoms with Gasteiger partial charge in [-0.25, -0.2) is 8.78 Å². The number of anilines is 1. The molecule has 5 nitrogen and oxygen atoms in total. The normalized spacial score (nSPS) is 11.8. The largest absolute Gasteiger partial charge is 0.325 e. The van der Waals surface area contributed by atoms with Gasteiger partial charge in [0.25, 0.3) is 0 Å². The van der Waals surface area contributed by atoms with Crippen LogP contribution in [-0.2, 0) is 11.8 Å². The second kappa shape index (κ2) is 9.09. The number of hydrogen-bond acceptors (Lipinski definition) is 4. The number of thioether (sulfide) groups is 1. The first-order valence-electron chi connectivity index (χ1n) is 9.44. The van der Waals surface area contributed by atoms with Crippen LogP contribution in [0, 0.1) is 11.6 Å². The molecular weight excluding hydrogens is 418 g/mol. The van der Waals surface area contributed by atoms with Gasteiger partial charge >= 0.3 is 0 Å². The van der Waals surface area contributed by atoms with E-state index in [0.717, 1.165) is 11.1 Å². The summed E-state index contributed by atoms with van der Waals surface area (Å²) >= 11 is 1.25. The van der Waals surface area contributed by atoms with Gasteiger partial charge in [-0.05, 0) is 54.1 Å². The second-order valence-electron chi connectivity index (χ2n) is 6.78. The lowest BCUT2D eigenvalue weighted by molar-refractivity contribution is -0.115. The molecule has 4 aromatic rings. The van der Waals surface area contributed by atoms with E-state index in [2.05, 4.69) is 15.5 Å². The minimum absolute atomic E-state index is 0.269. The zero-order valence-corrected chi connectivity index (χ0v) is 17.3. The van der Waals surface area contributed by atoms with Crippen LogP contribution in [0.2, 0.25) is 0 Å². The molecule has 0 bridgehead atoms. The fraction of sp³-hybridized carbons (Fsp3) is 0.0870. The van der Waals surface area contributed by atoms with Crippen molar-refractivity contribution >= 4 is 23.4 Å². The number of carbonyl (C=O) groups excluding carboxylic acids is 1. The molecule has 0 saturated carbocycles. The minimum Gasteiger partial charge on any atom is -0.325 e. The van der Waals surface area contributed by atoms with Crippen molar-refractivity contribution < 1.29 is 13.6 Å². The molecule has 0 aliphatic rings. The zero-order chi connectivity index (χ0) is 21.8. The van der Waals surface area contributed by atoms with Gasteiger partial charge < -0.3 is 9.88 Å². The van der Waals surface area contributed by atoms with Crippen molar-refractivity contribution in [3.05, 3.63) is 96.1 Å². The molecule has 0 aliphatic heterocycles. The van der Waals surface area contributed by atoms with Crippen molar-refractivity contribution in [3.63, 3.8) is 0 Å². The lowest BCUT2D eigenvalue weighted by atomic mass is 10.1. The fourth-order valence-electron chi connectivity index (χ4n) is 3.02. The number of halogens is 2. The predicted molar refractivity (Wildman–Crippen MR) is 116 cm³/mol. The smallest absolute Gasteiger partial charge is 0.242 e. The summed E-state index contributed by atoms with van der Waals surface area (Å²) < 4.78 is 28.2. The molecule has 1 unspecified atom stereocenters. The number of nitrogens with one attached hydrogen (secondary N) is 1. The third kappa shape index (κ3) is 4.80. The highest BCUT2D eigenvalue weighted by atomic mass is 32.2. The maximum atomic E-state index is 13.2. The maximum absolute atomic E-state index is 13.2. The van der Waals surface area contributed by atoms with E-state index >= 15 is 0 Å². The van der Waals surface area contributed by atoms with Gasteiger partial charge in [0.2, 0.25) is 5.91 Å². The molecule has 0 radical (unpaired) electrons. The topological polar surface area (TPSA) is 59.8 Å². The molecule has 0 fully saturated rings. The summed E-state index contributed by atoms with van der Waals surface area (Å²) in [5.74, 6) is -0.413. The quantitative estimate of drug-likeness (QED) is 0.421. The molecular formula is C23H18F2N4OS. The predicted octanol–water partition coefficient (Wildman–Crippen LogP) is 5.23. The Labute approximate surface area is 182 Å². The van der Waals surface area contributed by atoms with Crippen LogP contribution < -0.4 is 5.32 Å². The molecule has 31 heavy (non-hydrogen) atoms. The molecule has 0 spiro atoms. The zero-order valence-electron chi connectivity index (χ0n) is 16.5. The molecule has 1 amide bonds. The Kier molecular flexibility index (Phi) is 6.08. The Morgan fingerprint density at radius 2 is 1.52 bits per heavy atom. The van der Waals surface area contributed by atoms with Crippen molar-refractivity contribution in [1.82, 2.24) is 14.8 Å². The monoisotopic (exact) mass is 436 g/mol. The lowest BCUT2D eigenvalue weighted by Crippen LogP contribution is -2.19. The highest BCUT2D eigenvalue weighted by molar-refractivity contribution is 8.00. The van der Waals surface area contributed by atoms with E-state index in [-0.39, 0.29) is 17.5 Å². The van der Waals surface area contributed by atoms with Gasteiger partial charge in [-0.3, -0.25) is 4.79 Å². The van der Waals surface area contributed by atoms with Gasteiger partial charge in [0.05, 0.1) is 0 Å². The third-order valence-corrected chi connectivity index (χ3v) is 5.90. The van der Waals surface area contributed by atoms with Crippen LogP contribution in [0.1, 0.15) is 10.8 Å². The van der Waals surface area contributed by atoms with Crippen LogP contribution in [0.5, 0.6) is 0 Å². The van der Waals surface area contributed by atoms with E-state index in [0.29, 0.717) is 16.7 Å². The summed E-state index contributed by atoms with van der Waals surface area (Å²) in [6.07, 6.45) is 0. The Balaban J connectivity index is 1.62. The lowest BCUT2D eigenvalue weighted by Gasteiger charge is -2.16. The minimum atomic E-state index is -0.616. The number of aromatic nitrogens is 3. The van der Waals surface area contributed by atoms with Crippen LogP contribution >= 0.6 is 11.8 Å². The summed E-state index contributed by atoms with van der Waals surface area (Å²) in [6, 6.07) is 20.9. The number of hydrogen-bond donors (Lipinski definition) is 1. The Hall–Kier alpha value is -3.52. The van der Waals surface area contributed by atoms with E-state index in [4.69, 9.17) is 0 Å². The highest BCUT2D eigenvalue weighted by Gasteiger charge is 2.25. The van der Waals surface area contributed by atoms with Gasteiger partial charge in [0, 0.05) is 18.3 Å². The SMILES string of the molecule is Cn1c(SC(C(=O)Nc2ccc(F)cc2)c2ccccc2)nnc1-c1ccc(F)cc1. The molecule has 1 heterocycles. The number of amides is 1. The molecule has 1 atom stereocenters. The third-order valence-electron chi connectivity index (χ3n) is 4.61. The van der Waals surface area contributed by atoms with Crippen LogP contribution in [0.3, 0.4) is 0 Å². The number of nitrogens with zero attached hydrogens (tertiary/aromatic N) is 3. The van der Waals surface area contributed by atoms with Gasteiger partial charge in [-0.15, -0.1) is 10.2 Å². The average molecular weight is 436 g/mol. The van der Waals surface area contributed by atoms with E-state index in [1.54, 1.807) is 23.7 Å². The van der Waals surface area contributed by atoms with Crippen molar-refractivity contribution in [2.75, 3.05) is 5.32 Å². The average Bonchev–Trinajstić information content (AvgIpc) is 3.15. The van der Waals surface area contributed by atoms with E-state index in [1.807, 2.05) is 30.3 Å². The molecule has 1 aromatic heterocycles. The summed E-state index contributed by atoms with van der Waals surface area (Å²) in [5.41, 5.74) is 2.01. The Morgan fingerprint density at radius 1 is 0.903 bits per heavy atom. The van der Waals surface area contributed by atoms with E-state index in [1.165, 1.54) is 48.2 Å². The molecule has 0 saturated heterocycles. The maximum Gasteiger partial charge on any atom is 0.242 e. The van der Waals surface area contributed by atoms with Crippen molar-refractivity contribution in [3.8, 4) is 11.4 Å². The second-order valence-corrected chi connectivity index (χ2v) is 7.85. The molecule has 3 aromatic carbocycles. The van der Waals surface area contributed by atoms with E-state index in [9.17, 15) is 13.6 Å². The van der Waals surface area contributed by atoms with E-state index < -0.39 is 5.25 Å². The molecule has 156 valence electrons. The number of carbonyl (C=O) groups is 1. The number of rotatable bonds is 6. The molecule has 8 heteroatoms. The first-order valence-corrected chi connectivity index (χ1v) is 10.3. The van der Waals surface area contributed by atoms with Gasteiger partial charge in [-0.1, -0.05) is 42.1 Å². The van der Waals surface area contributed by atoms with Crippen molar-refractivity contribution in [1.29, 1.82) is 0 Å². The van der Waals surface area contributed by atoms with Gasteiger partial charge in [0.15, 0.2) is 11.0 Å². The first-order chi connectivity index (χ1) is 15.0. The number of benzene rings is 3. The summed E-state index contributed by atoms with van der Waals surface area (Å²) in [6.45, 7) is 0. The van der Waals surface area contributed by atoms with Gasteiger partial charge in [0.1, 0.15) is 16.9 Å². The molecule has 1 N–H and O–H groups in total. The summed E-state index contributed by atoms with van der Waals surface area (Å²) in [4.78, 5) is 13.1. The summed E-state index contributed by atoms with van der Waals surface area (Å²) in [7, 11) is 1.79. The molecule has 4 rings (SSSR count). The summed E-state index contributed by atoms with van der Waals surface area (Å²) in [5, 5.41) is 11.2. The van der Waals surface area contributed by atoms with Crippen molar-refractivity contribution in [2.45, 2.75) is 10.4 Å². The van der Waals surface area contributed by atoms with Crippen LogP contribution in [0.25, 0.3) is 11.4 Å². The molecule has 0 aliphatic carbocycles. The standard InChI is InChI=1S/C23H18F2N4OS/c1-29-21(16-7-9-17(24)10-8-16)27-28-23(29)31-20(15-5-3-2-4-6-15)22(30)26-19-13-11-18(25)12-14-19/h2-14,20H,1H3,(H,26,30). The highest BCUT2D eigenvalue weighted by Crippen LogP contribution is 2.36. The fourth-order valence-corrected chi connectivity index (χ4v) is 4.02. The Bertz CT molecular complexity index is 1180. The van der Waals surface area contributed by atoms with Crippen LogP contribution in [0.15, 0.2) is 84.0 Å². The van der Waals surface area contributed by atoms with Crippen molar-refractivity contribution in [2.24, 2.45) is 7.05 Å². The van der Waals surface area contributed by atoms with Crippen LogP contribution in [-0.4, -0.2) is 20.7 Å². The first kappa shape index (κ1) is 20.7. The van der Waals surface area contributed by atoms with Gasteiger partial charge in [-0.2, -0.15) is 0 Å². The van der Waals surface area contributed by atoms with Crippen LogP contribution in [0.4, 0.5) is 14.5 Å².